The SMILES string of the molecule is Nc1ccc2[nH]c(CNC3CCCC3)cc2c1. The standard InChI is InChI=1S/C14H19N3/c15-11-5-6-14-10(7-11)8-13(17-14)9-16-12-3-1-2-4-12/h5-8,12,16-17H,1-4,9,15H2. The van der Waals surface area contributed by atoms with Crippen LogP contribution in [-0.2, 0) is 6.54 Å². The Morgan fingerprint density at radius 1 is 1.24 bits per heavy atom. The summed E-state index contributed by atoms with van der Waals surface area (Å²) in [5.74, 6) is 0. The van der Waals surface area contributed by atoms with Crippen LogP contribution in [0.4, 0.5) is 5.69 Å². The molecule has 1 saturated carbocycles. The Bertz CT molecular complexity index is 509. The molecule has 17 heavy (non-hydrogen) atoms. The van der Waals surface area contributed by atoms with Crippen molar-refractivity contribution in [1.82, 2.24) is 10.3 Å². The first-order chi connectivity index (χ1) is 8.31. The van der Waals surface area contributed by atoms with E-state index in [2.05, 4.69) is 16.4 Å². The summed E-state index contributed by atoms with van der Waals surface area (Å²) in [4.78, 5) is 3.43. The number of fused-ring (bicyclic) bond motifs is 1. The summed E-state index contributed by atoms with van der Waals surface area (Å²) in [6.07, 6.45) is 5.40. The highest BCUT2D eigenvalue weighted by atomic mass is 14.9. The van der Waals surface area contributed by atoms with Crippen molar-refractivity contribution in [2.75, 3.05) is 5.73 Å². The van der Waals surface area contributed by atoms with Crippen molar-refractivity contribution < 1.29 is 0 Å². The van der Waals surface area contributed by atoms with Gasteiger partial charge in [-0.25, -0.2) is 0 Å². The van der Waals surface area contributed by atoms with E-state index in [9.17, 15) is 0 Å². The minimum Gasteiger partial charge on any atom is -0.399 e. The molecule has 1 aromatic carbocycles. The zero-order valence-corrected chi connectivity index (χ0v) is 10.00. The minimum atomic E-state index is 0.714. The largest absolute Gasteiger partial charge is 0.399 e. The lowest BCUT2D eigenvalue weighted by atomic mass is 10.2. The Balaban J connectivity index is 1.72. The van der Waals surface area contributed by atoms with Crippen LogP contribution in [0.5, 0.6) is 0 Å². The second kappa shape index (κ2) is 4.41. The molecule has 3 rings (SSSR count). The molecular weight excluding hydrogens is 210 g/mol. The molecule has 2 aromatic rings. The summed E-state index contributed by atoms with van der Waals surface area (Å²) in [5, 5.41) is 4.81. The predicted octanol–water partition coefficient (Wildman–Crippen LogP) is 2.78. The fourth-order valence-electron chi connectivity index (χ4n) is 2.69. The molecule has 0 spiro atoms. The molecule has 0 atom stereocenters. The fourth-order valence-corrected chi connectivity index (χ4v) is 2.69. The topological polar surface area (TPSA) is 53.8 Å². The highest BCUT2D eigenvalue weighted by Crippen LogP contribution is 2.20. The normalized spacial score (nSPS) is 16.9. The second-order valence-electron chi connectivity index (χ2n) is 5.00. The number of aromatic nitrogens is 1. The van der Waals surface area contributed by atoms with Crippen LogP contribution in [0.25, 0.3) is 10.9 Å². The third-order valence-corrected chi connectivity index (χ3v) is 3.64. The van der Waals surface area contributed by atoms with Gasteiger partial charge in [-0.1, -0.05) is 12.8 Å². The van der Waals surface area contributed by atoms with Gasteiger partial charge in [-0.2, -0.15) is 0 Å². The van der Waals surface area contributed by atoms with E-state index in [1.807, 2.05) is 18.2 Å². The average Bonchev–Trinajstić information content (AvgIpc) is 2.94. The molecule has 0 unspecified atom stereocenters. The molecule has 3 heteroatoms. The quantitative estimate of drug-likeness (QED) is 0.709. The molecule has 3 nitrogen and oxygen atoms in total. The molecule has 0 bridgehead atoms. The summed E-state index contributed by atoms with van der Waals surface area (Å²) in [7, 11) is 0. The van der Waals surface area contributed by atoms with Gasteiger partial charge < -0.3 is 16.0 Å². The van der Waals surface area contributed by atoms with Crippen molar-refractivity contribution in [2.45, 2.75) is 38.3 Å². The molecule has 0 radical (unpaired) electrons. The van der Waals surface area contributed by atoms with Gasteiger partial charge in [0.05, 0.1) is 0 Å². The molecule has 1 aliphatic carbocycles. The number of rotatable bonds is 3. The van der Waals surface area contributed by atoms with Crippen LogP contribution in [0.1, 0.15) is 31.4 Å². The predicted molar refractivity (Wildman–Crippen MR) is 71.8 cm³/mol. The van der Waals surface area contributed by atoms with Crippen LogP contribution >= 0.6 is 0 Å². The van der Waals surface area contributed by atoms with Crippen LogP contribution in [-0.4, -0.2) is 11.0 Å². The maximum Gasteiger partial charge on any atom is 0.0457 e. The molecule has 90 valence electrons. The van der Waals surface area contributed by atoms with Gasteiger partial charge in [0.2, 0.25) is 0 Å². The number of nitrogens with two attached hydrogens (primary N) is 1. The van der Waals surface area contributed by atoms with Crippen LogP contribution in [0.3, 0.4) is 0 Å². The van der Waals surface area contributed by atoms with Gasteiger partial charge >= 0.3 is 0 Å². The summed E-state index contributed by atoms with van der Waals surface area (Å²) in [5.41, 5.74) is 9.02. The van der Waals surface area contributed by atoms with Crippen molar-refractivity contribution in [1.29, 1.82) is 0 Å². The average molecular weight is 229 g/mol. The fraction of sp³-hybridized carbons (Fsp3) is 0.429. The Labute approximate surface area is 101 Å². The molecule has 4 N–H and O–H groups in total. The second-order valence-corrected chi connectivity index (χ2v) is 5.00. The third kappa shape index (κ3) is 2.29. The van der Waals surface area contributed by atoms with Gasteiger partial charge in [0.25, 0.3) is 0 Å². The van der Waals surface area contributed by atoms with Crippen molar-refractivity contribution in [3.05, 3.63) is 30.0 Å². The summed E-state index contributed by atoms with van der Waals surface area (Å²) in [6, 6.07) is 8.90. The van der Waals surface area contributed by atoms with Crippen molar-refractivity contribution in [3.63, 3.8) is 0 Å². The van der Waals surface area contributed by atoms with E-state index in [0.29, 0.717) is 6.04 Å². The highest BCUT2D eigenvalue weighted by Gasteiger charge is 2.14. The molecule has 0 aliphatic heterocycles. The lowest BCUT2D eigenvalue weighted by Gasteiger charge is -2.10. The lowest BCUT2D eigenvalue weighted by molar-refractivity contribution is 0.520. The number of nitrogens with one attached hydrogen (secondary N) is 2. The van der Waals surface area contributed by atoms with E-state index >= 15 is 0 Å². The van der Waals surface area contributed by atoms with Gasteiger partial charge in [-0.3, -0.25) is 0 Å². The summed E-state index contributed by atoms with van der Waals surface area (Å²) in [6.45, 7) is 0.930. The number of aromatic amines is 1. The molecule has 1 fully saturated rings. The smallest absolute Gasteiger partial charge is 0.0457 e. The number of anilines is 1. The van der Waals surface area contributed by atoms with Crippen LogP contribution in [0.15, 0.2) is 24.3 Å². The molecule has 1 aliphatic rings. The van der Waals surface area contributed by atoms with Gasteiger partial charge in [-0.15, -0.1) is 0 Å². The van der Waals surface area contributed by atoms with E-state index in [1.54, 1.807) is 0 Å². The zero-order valence-electron chi connectivity index (χ0n) is 10.00. The number of benzene rings is 1. The van der Waals surface area contributed by atoms with E-state index < -0.39 is 0 Å². The first-order valence-electron chi connectivity index (χ1n) is 6.42. The maximum atomic E-state index is 5.78. The Morgan fingerprint density at radius 3 is 2.88 bits per heavy atom. The first kappa shape index (κ1) is 10.7. The third-order valence-electron chi connectivity index (χ3n) is 3.64. The maximum absolute atomic E-state index is 5.78. The number of nitrogen functional groups attached to an aromatic ring is 1. The van der Waals surface area contributed by atoms with Gasteiger partial charge in [0.15, 0.2) is 0 Å². The number of hydrogen-bond donors (Lipinski definition) is 3. The lowest BCUT2D eigenvalue weighted by Crippen LogP contribution is -2.25. The van der Waals surface area contributed by atoms with Gasteiger partial charge in [0, 0.05) is 34.9 Å². The molecule has 1 heterocycles. The van der Waals surface area contributed by atoms with Crippen molar-refractivity contribution in [2.24, 2.45) is 0 Å². The monoisotopic (exact) mass is 229 g/mol. The number of H-pyrrole nitrogens is 1. The Hall–Kier alpha value is -1.48. The van der Waals surface area contributed by atoms with Gasteiger partial charge in [-0.05, 0) is 37.1 Å². The highest BCUT2D eigenvalue weighted by molar-refractivity contribution is 5.83. The minimum absolute atomic E-state index is 0.714. The van der Waals surface area contributed by atoms with Crippen molar-refractivity contribution >= 4 is 16.6 Å². The van der Waals surface area contributed by atoms with E-state index in [4.69, 9.17) is 5.73 Å². The summed E-state index contributed by atoms with van der Waals surface area (Å²) < 4.78 is 0. The van der Waals surface area contributed by atoms with Crippen LogP contribution in [0.2, 0.25) is 0 Å². The van der Waals surface area contributed by atoms with Crippen LogP contribution < -0.4 is 11.1 Å². The molecule has 0 saturated heterocycles. The first-order valence-corrected chi connectivity index (χ1v) is 6.42. The zero-order chi connectivity index (χ0) is 11.7. The van der Waals surface area contributed by atoms with E-state index in [0.717, 1.165) is 12.2 Å². The number of hydrogen-bond acceptors (Lipinski definition) is 2. The molecular formula is C14H19N3. The summed E-state index contributed by atoms with van der Waals surface area (Å²) >= 11 is 0. The molecule has 0 amide bonds. The Kier molecular flexibility index (Phi) is 2.77. The van der Waals surface area contributed by atoms with Crippen molar-refractivity contribution in [3.8, 4) is 0 Å². The van der Waals surface area contributed by atoms with Crippen LogP contribution in [0, 0.1) is 0 Å². The Morgan fingerprint density at radius 2 is 2.06 bits per heavy atom. The van der Waals surface area contributed by atoms with E-state index in [-0.39, 0.29) is 0 Å². The van der Waals surface area contributed by atoms with Gasteiger partial charge in [0.1, 0.15) is 0 Å². The molecule has 1 aromatic heterocycles. The van der Waals surface area contributed by atoms with E-state index in [1.165, 1.54) is 42.3 Å².